The summed E-state index contributed by atoms with van der Waals surface area (Å²) >= 11 is 6.00. The minimum atomic E-state index is -1.11. The molecule has 1 unspecified atom stereocenters. The first kappa shape index (κ1) is 17.1. The van der Waals surface area contributed by atoms with Gasteiger partial charge in [0.1, 0.15) is 17.6 Å². The quantitative estimate of drug-likeness (QED) is 0.845. The van der Waals surface area contributed by atoms with Crippen LogP contribution in [0.15, 0.2) is 34.7 Å². The zero-order chi connectivity index (χ0) is 17.0. The smallest absolute Gasteiger partial charge is 0.335 e. The second-order valence-electron chi connectivity index (χ2n) is 4.93. The number of carbonyl (C=O) groups excluding carboxylic acids is 1. The molecule has 2 N–H and O–H groups in total. The molecule has 1 atom stereocenters. The van der Waals surface area contributed by atoms with E-state index in [0.717, 1.165) is 5.76 Å². The number of halogens is 1. The number of furan rings is 1. The molecule has 2 rings (SSSR count). The van der Waals surface area contributed by atoms with Crippen LogP contribution in [0.4, 0.5) is 0 Å². The van der Waals surface area contributed by atoms with Crippen LogP contribution in [0.2, 0.25) is 5.02 Å². The van der Waals surface area contributed by atoms with Gasteiger partial charge in [-0.25, -0.2) is 4.79 Å². The lowest BCUT2D eigenvalue weighted by atomic mass is 10.1. The van der Waals surface area contributed by atoms with Crippen molar-refractivity contribution in [1.29, 1.82) is 0 Å². The highest BCUT2D eigenvalue weighted by atomic mass is 35.5. The summed E-state index contributed by atoms with van der Waals surface area (Å²) < 4.78 is 10.6. The van der Waals surface area contributed by atoms with Crippen molar-refractivity contribution in [3.63, 3.8) is 0 Å². The number of carbonyl (C=O) groups is 2. The Bertz CT molecular complexity index is 725. The summed E-state index contributed by atoms with van der Waals surface area (Å²) in [5.41, 5.74) is 0.197. The van der Waals surface area contributed by atoms with E-state index in [-0.39, 0.29) is 22.8 Å². The molecule has 2 aromatic rings. The van der Waals surface area contributed by atoms with Gasteiger partial charge in [0.15, 0.2) is 0 Å². The number of ether oxygens (including phenoxy) is 1. The molecule has 0 fully saturated rings. The van der Waals surface area contributed by atoms with E-state index >= 15 is 0 Å². The first-order valence-corrected chi connectivity index (χ1v) is 7.19. The largest absolute Gasteiger partial charge is 0.478 e. The van der Waals surface area contributed by atoms with E-state index in [0.29, 0.717) is 5.76 Å². The Hall–Kier alpha value is -2.31. The topological polar surface area (TPSA) is 88.8 Å². The average molecular weight is 338 g/mol. The fraction of sp³-hybridized carbons (Fsp3) is 0.250. The molecule has 0 radical (unpaired) electrons. The summed E-state index contributed by atoms with van der Waals surface area (Å²) in [6.45, 7) is 2.03. The Morgan fingerprint density at radius 1 is 1.35 bits per heavy atom. The summed E-state index contributed by atoms with van der Waals surface area (Å²) in [4.78, 5) is 23.3. The van der Waals surface area contributed by atoms with E-state index in [9.17, 15) is 9.59 Å². The Morgan fingerprint density at radius 3 is 2.61 bits per heavy atom. The summed E-state index contributed by atoms with van der Waals surface area (Å²) in [5.74, 6) is -0.264. The van der Waals surface area contributed by atoms with Crippen LogP contribution in [0.5, 0.6) is 0 Å². The standard InChI is InChI=1S/C16H16ClNO5/c1-9-3-6-14(23-9)13(8-22-2)18-15(19)11-5-4-10(16(20)21)7-12(11)17/h3-7,13H,8H2,1-2H3,(H,18,19)(H,20,21). The number of hydrogen-bond acceptors (Lipinski definition) is 4. The van der Waals surface area contributed by atoms with Gasteiger partial charge >= 0.3 is 5.97 Å². The number of carboxylic acids is 1. The predicted octanol–water partition coefficient (Wildman–Crippen LogP) is 3.06. The molecule has 7 heteroatoms. The lowest BCUT2D eigenvalue weighted by Crippen LogP contribution is -2.31. The van der Waals surface area contributed by atoms with Gasteiger partial charge in [0.25, 0.3) is 5.91 Å². The van der Waals surface area contributed by atoms with Crippen LogP contribution in [0, 0.1) is 6.92 Å². The van der Waals surface area contributed by atoms with Crippen molar-refractivity contribution in [3.05, 3.63) is 58.0 Å². The van der Waals surface area contributed by atoms with E-state index in [1.165, 1.54) is 25.3 Å². The Balaban J connectivity index is 2.20. The van der Waals surface area contributed by atoms with E-state index in [1.54, 1.807) is 19.1 Å². The van der Waals surface area contributed by atoms with Crippen LogP contribution in [0.25, 0.3) is 0 Å². The van der Waals surface area contributed by atoms with Gasteiger partial charge in [-0.2, -0.15) is 0 Å². The SMILES string of the molecule is COCC(NC(=O)c1ccc(C(=O)O)cc1Cl)c1ccc(C)o1. The number of methoxy groups -OCH3 is 1. The molecular weight excluding hydrogens is 322 g/mol. The molecule has 6 nitrogen and oxygen atoms in total. The molecule has 0 saturated heterocycles. The highest BCUT2D eigenvalue weighted by Crippen LogP contribution is 2.21. The zero-order valence-corrected chi connectivity index (χ0v) is 13.4. The molecular formula is C16H16ClNO5. The molecule has 0 saturated carbocycles. The number of aromatic carboxylic acids is 1. The third kappa shape index (κ3) is 4.12. The van der Waals surface area contributed by atoms with Crippen molar-refractivity contribution in [1.82, 2.24) is 5.32 Å². The van der Waals surface area contributed by atoms with Crippen molar-refractivity contribution in [2.45, 2.75) is 13.0 Å². The summed E-state index contributed by atoms with van der Waals surface area (Å²) in [7, 11) is 1.52. The molecule has 0 bridgehead atoms. The molecule has 0 aliphatic carbocycles. The van der Waals surface area contributed by atoms with Gasteiger partial charge in [-0.05, 0) is 37.3 Å². The average Bonchev–Trinajstić information content (AvgIpc) is 2.93. The maximum Gasteiger partial charge on any atom is 0.335 e. The van der Waals surface area contributed by atoms with Gasteiger partial charge in [-0.15, -0.1) is 0 Å². The highest BCUT2D eigenvalue weighted by molar-refractivity contribution is 6.34. The summed E-state index contributed by atoms with van der Waals surface area (Å²) in [6, 6.07) is 7.01. The normalized spacial score (nSPS) is 12.0. The minimum absolute atomic E-state index is 0.0154. The van der Waals surface area contributed by atoms with Gasteiger partial charge in [-0.3, -0.25) is 4.79 Å². The van der Waals surface area contributed by atoms with Gasteiger partial charge in [-0.1, -0.05) is 11.6 Å². The van der Waals surface area contributed by atoms with Crippen molar-refractivity contribution in [2.24, 2.45) is 0 Å². The highest BCUT2D eigenvalue weighted by Gasteiger charge is 2.20. The summed E-state index contributed by atoms with van der Waals surface area (Å²) in [5, 5.41) is 11.7. The fourth-order valence-corrected chi connectivity index (χ4v) is 2.34. The molecule has 1 amide bonds. The fourth-order valence-electron chi connectivity index (χ4n) is 2.07. The molecule has 1 aromatic carbocycles. The van der Waals surface area contributed by atoms with Crippen molar-refractivity contribution in [2.75, 3.05) is 13.7 Å². The van der Waals surface area contributed by atoms with Gasteiger partial charge < -0.3 is 19.6 Å². The number of nitrogens with one attached hydrogen (secondary N) is 1. The third-order valence-electron chi connectivity index (χ3n) is 3.20. The maximum atomic E-state index is 12.4. The molecule has 1 heterocycles. The zero-order valence-electron chi connectivity index (χ0n) is 12.6. The van der Waals surface area contributed by atoms with E-state index in [1.807, 2.05) is 0 Å². The van der Waals surface area contributed by atoms with Crippen LogP contribution in [-0.4, -0.2) is 30.7 Å². The molecule has 0 aliphatic rings. The number of benzene rings is 1. The Kier molecular flexibility index (Phi) is 5.41. The van der Waals surface area contributed by atoms with Crippen LogP contribution in [-0.2, 0) is 4.74 Å². The van der Waals surface area contributed by atoms with E-state index in [4.69, 9.17) is 25.9 Å². The maximum absolute atomic E-state index is 12.4. The third-order valence-corrected chi connectivity index (χ3v) is 3.52. The van der Waals surface area contributed by atoms with Crippen LogP contribution in [0.3, 0.4) is 0 Å². The first-order valence-electron chi connectivity index (χ1n) is 6.81. The van der Waals surface area contributed by atoms with Crippen molar-refractivity contribution >= 4 is 23.5 Å². The lowest BCUT2D eigenvalue weighted by Gasteiger charge is -2.16. The second-order valence-corrected chi connectivity index (χ2v) is 5.34. The minimum Gasteiger partial charge on any atom is -0.478 e. The van der Waals surface area contributed by atoms with Gasteiger partial charge in [0, 0.05) is 7.11 Å². The van der Waals surface area contributed by atoms with Gasteiger partial charge in [0.2, 0.25) is 0 Å². The summed E-state index contributed by atoms with van der Waals surface area (Å²) in [6.07, 6.45) is 0. The van der Waals surface area contributed by atoms with Crippen molar-refractivity contribution in [3.8, 4) is 0 Å². The molecule has 23 heavy (non-hydrogen) atoms. The second kappa shape index (κ2) is 7.30. The number of aryl methyl sites for hydroxylation is 1. The Labute approximate surface area is 138 Å². The number of amides is 1. The number of hydrogen-bond donors (Lipinski definition) is 2. The van der Waals surface area contributed by atoms with Gasteiger partial charge in [0.05, 0.1) is 22.8 Å². The van der Waals surface area contributed by atoms with Crippen LogP contribution in [0.1, 0.15) is 38.3 Å². The Morgan fingerprint density at radius 2 is 2.09 bits per heavy atom. The number of carboxylic acid groups (broad SMARTS) is 1. The van der Waals surface area contributed by atoms with E-state index < -0.39 is 17.9 Å². The molecule has 1 aromatic heterocycles. The molecule has 0 spiro atoms. The molecule has 0 aliphatic heterocycles. The first-order chi connectivity index (χ1) is 10.9. The molecule has 122 valence electrons. The van der Waals surface area contributed by atoms with Crippen LogP contribution < -0.4 is 5.32 Å². The van der Waals surface area contributed by atoms with E-state index in [2.05, 4.69) is 5.32 Å². The lowest BCUT2D eigenvalue weighted by molar-refractivity contribution is 0.0696. The predicted molar refractivity (Wildman–Crippen MR) is 83.9 cm³/mol. The monoisotopic (exact) mass is 337 g/mol. The number of rotatable bonds is 6. The van der Waals surface area contributed by atoms with Crippen LogP contribution >= 0.6 is 11.6 Å². The van der Waals surface area contributed by atoms with Crippen molar-refractivity contribution < 1.29 is 23.8 Å².